The first kappa shape index (κ1) is 14.9. The molecule has 4 N–H and O–H groups in total. The molecule has 0 aliphatic carbocycles. The minimum absolute atomic E-state index is 0.103. The van der Waals surface area contributed by atoms with Crippen molar-refractivity contribution in [3.63, 3.8) is 0 Å². The molecule has 16 heavy (non-hydrogen) atoms. The minimum Gasteiger partial charge on any atom is -0.480 e. The molecule has 0 aliphatic heterocycles. The van der Waals surface area contributed by atoms with Gasteiger partial charge in [0.15, 0.2) is 0 Å². The lowest BCUT2D eigenvalue weighted by molar-refractivity contribution is -0.144. The fraction of sp³-hybridized carbons (Fsp3) is 0.818. The predicted molar refractivity (Wildman–Crippen MR) is 61.8 cm³/mol. The van der Waals surface area contributed by atoms with Gasteiger partial charge in [-0.25, -0.2) is 4.79 Å². The van der Waals surface area contributed by atoms with Crippen LogP contribution >= 0.6 is 0 Å². The highest BCUT2D eigenvalue weighted by molar-refractivity contribution is 5.85. The molecule has 0 aliphatic rings. The van der Waals surface area contributed by atoms with Crippen LogP contribution in [-0.2, 0) is 9.59 Å². The van der Waals surface area contributed by atoms with Crippen molar-refractivity contribution < 1.29 is 14.7 Å². The number of amides is 1. The summed E-state index contributed by atoms with van der Waals surface area (Å²) in [6.07, 6.45) is 0. The maximum absolute atomic E-state index is 11.8. The average Bonchev–Trinajstić information content (AvgIpc) is 2.13. The monoisotopic (exact) mass is 230 g/mol. The number of carboxylic acid groups (broad SMARTS) is 1. The molecule has 5 heteroatoms. The molecule has 0 rings (SSSR count). The molecule has 1 unspecified atom stereocenters. The Bertz CT molecular complexity index is 252. The van der Waals surface area contributed by atoms with Crippen LogP contribution in [0, 0.1) is 17.8 Å². The summed E-state index contributed by atoms with van der Waals surface area (Å²) >= 11 is 0. The lowest BCUT2D eigenvalue weighted by Crippen LogP contribution is -2.48. The highest BCUT2D eigenvalue weighted by Gasteiger charge is 2.28. The second-order valence-electron chi connectivity index (χ2n) is 4.65. The number of aliphatic carboxylic acids is 1. The molecule has 0 heterocycles. The second-order valence-corrected chi connectivity index (χ2v) is 4.65. The Kier molecular flexibility index (Phi) is 6.03. The van der Waals surface area contributed by atoms with E-state index in [1.807, 2.05) is 13.8 Å². The molecule has 0 spiro atoms. The van der Waals surface area contributed by atoms with E-state index in [4.69, 9.17) is 10.8 Å². The van der Waals surface area contributed by atoms with Gasteiger partial charge in [0.1, 0.15) is 6.04 Å². The maximum Gasteiger partial charge on any atom is 0.326 e. The lowest BCUT2D eigenvalue weighted by atomic mass is 9.94. The Labute approximate surface area is 96.4 Å². The van der Waals surface area contributed by atoms with Gasteiger partial charge in [-0.1, -0.05) is 27.7 Å². The minimum atomic E-state index is -1.01. The quantitative estimate of drug-likeness (QED) is 0.617. The van der Waals surface area contributed by atoms with Crippen LogP contribution in [0.2, 0.25) is 0 Å². The first-order valence-corrected chi connectivity index (χ1v) is 5.54. The number of carbonyl (C=O) groups excluding carboxylic acids is 1. The van der Waals surface area contributed by atoms with Gasteiger partial charge in [0.05, 0.1) is 5.92 Å². The molecule has 0 radical (unpaired) electrons. The Morgan fingerprint density at radius 3 is 1.94 bits per heavy atom. The molecule has 0 fully saturated rings. The Hall–Kier alpha value is -1.10. The predicted octanol–water partition coefficient (Wildman–Crippen LogP) is 0.443. The summed E-state index contributed by atoms with van der Waals surface area (Å²) < 4.78 is 0. The van der Waals surface area contributed by atoms with Crippen LogP contribution < -0.4 is 11.1 Å². The third-order valence-corrected chi connectivity index (χ3v) is 2.63. The Morgan fingerprint density at radius 1 is 1.19 bits per heavy atom. The largest absolute Gasteiger partial charge is 0.480 e. The van der Waals surface area contributed by atoms with Crippen molar-refractivity contribution in [1.82, 2.24) is 5.32 Å². The summed E-state index contributed by atoms with van der Waals surface area (Å²) in [5, 5.41) is 11.5. The Morgan fingerprint density at radius 2 is 1.69 bits per heavy atom. The summed E-state index contributed by atoms with van der Waals surface area (Å²) in [6, 6.07) is -0.847. The molecule has 0 saturated heterocycles. The van der Waals surface area contributed by atoms with Crippen LogP contribution in [0.5, 0.6) is 0 Å². The molecular weight excluding hydrogens is 208 g/mol. The van der Waals surface area contributed by atoms with E-state index in [1.165, 1.54) is 0 Å². The fourth-order valence-corrected chi connectivity index (χ4v) is 1.46. The molecule has 0 aromatic carbocycles. The Balaban J connectivity index is 4.56. The van der Waals surface area contributed by atoms with Gasteiger partial charge < -0.3 is 16.2 Å². The number of rotatable bonds is 6. The first-order chi connectivity index (χ1) is 7.31. The zero-order valence-corrected chi connectivity index (χ0v) is 10.4. The van der Waals surface area contributed by atoms with Crippen molar-refractivity contribution in [2.75, 3.05) is 6.54 Å². The van der Waals surface area contributed by atoms with Crippen LogP contribution in [0.4, 0.5) is 0 Å². The van der Waals surface area contributed by atoms with Crippen LogP contribution in [0.3, 0.4) is 0 Å². The maximum atomic E-state index is 11.8. The van der Waals surface area contributed by atoms with Crippen molar-refractivity contribution in [3.8, 4) is 0 Å². The lowest BCUT2D eigenvalue weighted by Gasteiger charge is -2.23. The number of hydrogen-bond donors (Lipinski definition) is 3. The van der Waals surface area contributed by atoms with Crippen LogP contribution in [0.15, 0.2) is 0 Å². The summed E-state index contributed by atoms with van der Waals surface area (Å²) in [5.74, 6) is -1.67. The highest BCUT2D eigenvalue weighted by atomic mass is 16.4. The molecule has 5 nitrogen and oxygen atoms in total. The third-order valence-electron chi connectivity index (χ3n) is 2.63. The smallest absolute Gasteiger partial charge is 0.326 e. The fourth-order valence-electron chi connectivity index (χ4n) is 1.46. The van der Waals surface area contributed by atoms with E-state index in [0.29, 0.717) is 0 Å². The van der Waals surface area contributed by atoms with Gasteiger partial charge in [-0.2, -0.15) is 0 Å². The standard InChI is InChI=1S/C11H22N2O3/c1-6(2)8(5-12)10(14)13-9(7(3)4)11(15)16/h6-9H,5,12H2,1-4H3,(H,13,14)(H,15,16)/t8?,9-/m1/s1. The van der Waals surface area contributed by atoms with Gasteiger partial charge in [-0.3, -0.25) is 4.79 Å². The van der Waals surface area contributed by atoms with Crippen LogP contribution in [0.1, 0.15) is 27.7 Å². The molecule has 2 atom stereocenters. The van der Waals surface area contributed by atoms with Gasteiger partial charge >= 0.3 is 5.97 Å². The summed E-state index contributed by atoms with van der Waals surface area (Å²) in [7, 11) is 0. The average molecular weight is 230 g/mol. The van der Waals surface area contributed by atoms with E-state index in [2.05, 4.69) is 5.32 Å². The van der Waals surface area contributed by atoms with E-state index in [9.17, 15) is 9.59 Å². The van der Waals surface area contributed by atoms with E-state index in [1.54, 1.807) is 13.8 Å². The molecule has 0 saturated carbocycles. The van der Waals surface area contributed by atoms with Gasteiger partial charge in [0, 0.05) is 6.54 Å². The van der Waals surface area contributed by atoms with E-state index >= 15 is 0 Å². The zero-order valence-electron chi connectivity index (χ0n) is 10.4. The number of nitrogens with two attached hydrogens (primary N) is 1. The van der Waals surface area contributed by atoms with Crippen molar-refractivity contribution >= 4 is 11.9 Å². The molecule has 0 bridgehead atoms. The van der Waals surface area contributed by atoms with Gasteiger partial charge in [-0.05, 0) is 11.8 Å². The molecule has 1 amide bonds. The van der Waals surface area contributed by atoms with Gasteiger partial charge in [0.25, 0.3) is 0 Å². The van der Waals surface area contributed by atoms with Crippen molar-refractivity contribution in [3.05, 3.63) is 0 Å². The first-order valence-electron chi connectivity index (χ1n) is 5.54. The molecule has 0 aromatic heterocycles. The topological polar surface area (TPSA) is 92.4 Å². The SMILES string of the molecule is CC(C)C(CN)C(=O)N[C@@H](C(=O)O)C(C)C. The van der Waals surface area contributed by atoms with Gasteiger partial charge in [0.2, 0.25) is 5.91 Å². The normalized spacial score (nSPS) is 14.9. The van der Waals surface area contributed by atoms with E-state index < -0.39 is 12.0 Å². The third kappa shape index (κ3) is 4.18. The van der Waals surface area contributed by atoms with E-state index in [-0.39, 0.29) is 30.2 Å². The van der Waals surface area contributed by atoms with Gasteiger partial charge in [-0.15, -0.1) is 0 Å². The van der Waals surface area contributed by atoms with Crippen molar-refractivity contribution in [2.45, 2.75) is 33.7 Å². The molecule has 0 aromatic rings. The number of hydrogen-bond acceptors (Lipinski definition) is 3. The molecular formula is C11H22N2O3. The number of carboxylic acids is 1. The summed E-state index contributed by atoms with van der Waals surface area (Å²) in [4.78, 5) is 22.7. The number of carbonyl (C=O) groups is 2. The van der Waals surface area contributed by atoms with Crippen LogP contribution in [-0.4, -0.2) is 29.6 Å². The van der Waals surface area contributed by atoms with E-state index in [0.717, 1.165) is 0 Å². The summed E-state index contributed by atoms with van der Waals surface area (Å²) in [6.45, 7) is 7.52. The second kappa shape index (κ2) is 6.48. The summed E-state index contributed by atoms with van der Waals surface area (Å²) in [5.41, 5.74) is 5.49. The van der Waals surface area contributed by atoms with Crippen LogP contribution in [0.25, 0.3) is 0 Å². The van der Waals surface area contributed by atoms with Crippen molar-refractivity contribution in [1.29, 1.82) is 0 Å². The zero-order chi connectivity index (χ0) is 12.9. The van der Waals surface area contributed by atoms with Crippen molar-refractivity contribution in [2.24, 2.45) is 23.5 Å². The highest BCUT2D eigenvalue weighted by Crippen LogP contribution is 2.11. The number of nitrogens with one attached hydrogen (secondary N) is 1. The molecule has 94 valence electrons.